The van der Waals surface area contributed by atoms with Gasteiger partial charge in [0, 0.05) is 28.7 Å². The van der Waals surface area contributed by atoms with Crippen molar-refractivity contribution in [1.82, 2.24) is 10.3 Å². The van der Waals surface area contributed by atoms with Gasteiger partial charge in [0.15, 0.2) is 0 Å². The van der Waals surface area contributed by atoms with E-state index in [2.05, 4.69) is 42.3 Å². The molecule has 0 aliphatic carbocycles. The maximum absolute atomic E-state index is 12.5. The van der Waals surface area contributed by atoms with Crippen molar-refractivity contribution in [1.29, 1.82) is 0 Å². The van der Waals surface area contributed by atoms with Crippen LogP contribution in [-0.4, -0.2) is 17.4 Å². The number of rotatable bonds is 7. The summed E-state index contributed by atoms with van der Waals surface area (Å²) in [5.74, 6) is 0.679. The second kappa shape index (κ2) is 8.87. The van der Waals surface area contributed by atoms with Crippen LogP contribution < -0.4 is 10.1 Å². The predicted molar refractivity (Wildman–Crippen MR) is 121 cm³/mol. The maximum Gasteiger partial charge on any atom is 0.251 e. The van der Waals surface area contributed by atoms with Crippen molar-refractivity contribution >= 4 is 16.8 Å². The summed E-state index contributed by atoms with van der Waals surface area (Å²) in [6.07, 6.45) is 0.791. The molecule has 1 aromatic heterocycles. The quantitative estimate of drug-likeness (QED) is 0.442. The van der Waals surface area contributed by atoms with Gasteiger partial charge in [-0.15, -0.1) is 0 Å². The molecule has 0 atom stereocenters. The van der Waals surface area contributed by atoms with Crippen LogP contribution in [0.25, 0.3) is 10.9 Å². The van der Waals surface area contributed by atoms with E-state index in [0.29, 0.717) is 18.7 Å². The molecule has 0 aliphatic heterocycles. The highest BCUT2D eigenvalue weighted by atomic mass is 16.5. The van der Waals surface area contributed by atoms with Gasteiger partial charge in [0.05, 0.1) is 0 Å². The van der Waals surface area contributed by atoms with E-state index in [1.165, 1.54) is 22.0 Å². The minimum Gasteiger partial charge on any atom is -0.489 e. The maximum atomic E-state index is 12.5. The van der Waals surface area contributed by atoms with Gasteiger partial charge in [-0.05, 0) is 61.2 Å². The molecule has 0 saturated carbocycles. The van der Waals surface area contributed by atoms with E-state index >= 15 is 0 Å². The Hall–Kier alpha value is -3.53. The molecule has 30 heavy (non-hydrogen) atoms. The number of aryl methyl sites for hydroxylation is 2. The summed E-state index contributed by atoms with van der Waals surface area (Å²) in [4.78, 5) is 16.0. The van der Waals surface area contributed by atoms with Crippen molar-refractivity contribution in [3.63, 3.8) is 0 Å². The van der Waals surface area contributed by atoms with E-state index in [0.717, 1.165) is 23.4 Å². The van der Waals surface area contributed by atoms with E-state index in [1.807, 2.05) is 42.5 Å². The van der Waals surface area contributed by atoms with Crippen LogP contribution in [0.2, 0.25) is 0 Å². The van der Waals surface area contributed by atoms with Crippen LogP contribution in [0, 0.1) is 13.8 Å². The van der Waals surface area contributed by atoms with E-state index < -0.39 is 0 Å². The van der Waals surface area contributed by atoms with Crippen molar-refractivity contribution in [2.24, 2.45) is 0 Å². The summed E-state index contributed by atoms with van der Waals surface area (Å²) in [7, 11) is 0. The molecule has 3 aromatic carbocycles. The molecule has 0 bridgehead atoms. The number of benzene rings is 3. The summed E-state index contributed by atoms with van der Waals surface area (Å²) >= 11 is 0. The Labute approximate surface area is 176 Å². The lowest BCUT2D eigenvalue weighted by Crippen LogP contribution is -2.25. The average molecular weight is 399 g/mol. The molecule has 1 heterocycles. The first-order valence-electron chi connectivity index (χ1n) is 10.2. The van der Waals surface area contributed by atoms with Crippen molar-refractivity contribution in [2.45, 2.75) is 26.9 Å². The number of para-hydroxylation sites is 1. The van der Waals surface area contributed by atoms with E-state index in [1.54, 1.807) is 12.1 Å². The third-order valence-corrected chi connectivity index (χ3v) is 5.39. The number of hydrogen-bond donors (Lipinski definition) is 2. The van der Waals surface area contributed by atoms with Gasteiger partial charge in [-0.1, -0.05) is 48.5 Å². The van der Waals surface area contributed by atoms with Crippen LogP contribution in [0.1, 0.15) is 32.7 Å². The Kier molecular flexibility index (Phi) is 5.84. The normalized spacial score (nSPS) is 10.9. The molecule has 0 aliphatic rings. The highest BCUT2D eigenvalue weighted by Crippen LogP contribution is 2.24. The lowest BCUT2D eigenvalue weighted by atomic mass is 10.1. The number of H-pyrrole nitrogens is 1. The van der Waals surface area contributed by atoms with Crippen molar-refractivity contribution < 1.29 is 9.53 Å². The Morgan fingerprint density at radius 1 is 0.933 bits per heavy atom. The number of aromatic amines is 1. The van der Waals surface area contributed by atoms with Crippen molar-refractivity contribution in [3.8, 4) is 5.75 Å². The average Bonchev–Trinajstić information content (AvgIpc) is 3.10. The second-order valence-corrected chi connectivity index (χ2v) is 7.53. The Morgan fingerprint density at radius 3 is 2.47 bits per heavy atom. The molecule has 0 fully saturated rings. The Balaban J connectivity index is 1.32. The zero-order valence-electron chi connectivity index (χ0n) is 17.4. The van der Waals surface area contributed by atoms with E-state index in [9.17, 15) is 4.79 Å². The molecule has 4 aromatic rings. The summed E-state index contributed by atoms with van der Waals surface area (Å²) in [6.45, 7) is 5.30. The lowest BCUT2D eigenvalue weighted by Gasteiger charge is -2.08. The fraction of sp³-hybridized carbons (Fsp3) is 0.192. The standard InChI is InChI=1S/C26H26N2O2/c1-18-7-6-10-24-23(19(2)28-25(18)24)15-16-27-26(29)21-11-13-22(14-12-21)30-17-20-8-4-3-5-9-20/h3-14,28H,15-17H2,1-2H3,(H,27,29). The molecular formula is C26H26N2O2. The first-order chi connectivity index (χ1) is 14.6. The summed E-state index contributed by atoms with van der Waals surface area (Å²) < 4.78 is 5.79. The number of fused-ring (bicyclic) bond motifs is 1. The molecule has 152 valence electrons. The van der Waals surface area contributed by atoms with Gasteiger partial charge in [-0.25, -0.2) is 0 Å². The van der Waals surface area contributed by atoms with Gasteiger partial charge in [0.1, 0.15) is 12.4 Å². The zero-order valence-corrected chi connectivity index (χ0v) is 17.4. The van der Waals surface area contributed by atoms with Gasteiger partial charge < -0.3 is 15.0 Å². The third-order valence-electron chi connectivity index (χ3n) is 5.39. The molecule has 4 rings (SSSR count). The molecular weight excluding hydrogens is 372 g/mol. The fourth-order valence-corrected chi connectivity index (χ4v) is 3.72. The number of amides is 1. The third kappa shape index (κ3) is 4.38. The SMILES string of the molecule is Cc1[nH]c2c(C)cccc2c1CCNC(=O)c1ccc(OCc2ccccc2)cc1. The monoisotopic (exact) mass is 398 g/mol. The van der Waals surface area contributed by atoms with Gasteiger partial charge in [0.2, 0.25) is 0 Å². The minimum atomic E-state index is -0.0710. The van der Waals surface area contributed by atoms with Crippen molar-refractivity contribution in [2.75, 3.05) is 6.54 Å². The predicted octanol–water partition coefficient (Wildman–Crippen LogP) is 5.34. The zero-order chi connectivity index (χ0) is 20.9. The van der Waals surface area contributed by atoms with Crippen molar-refractivity contribution in [3.05, 3.63) is 101 Å². The largest absolute Gasteiger partial charge is 0.489 e. The Bertz CT molecular complexity index is 1150. The highest BCUT2D eigenvalue weighted by Gasteiger charge is 2.11. The second-order valence-electron chi connectivity index (χ2n) is 7.53. The summed E-state index contributed by atoms with van der Waals surface area (Å²) in [5, 5.41) is 4.27. The number of ether oxygens (including phenoxy) is 1. The van der Waals surface area contributed by atoms with Crippen LogP contribution in [0.3, 0.4) is 0 Å². The van der Waals surface area contributed by atoms with Gasteiger partial charge >= 0.3 is 0 Å². The summed E-state index contributed by atoms with van der Waals surface area (Å²) in [6, 6.07) is 23.6. The van der Waals surface area contributed by atoms with Gasteiger partial charge in [-0.3, -0.25) is 4.79 Å². The van der Waals surface area contributed by atoms with Gasteiger partial charge in [0.25, 0.3) is 5.91 Å². The number of aromatic nitrogens is 1. The Morgan fingerprint density at radius 2 is 1.70 bits per heavy atom. The number of carbonyl (C=O) groups excluding carboxylic acids is 1. The van der Waals surface area contributed by atoms with Crippen LogP contribution >= 0.6 is 0 Å². The number of nitrogens with one attached hydrogen (secondary N) is 2. The smallest absolute Gasteiger partial charge is 0.251 e. The van der Waals surface area contributed by atoms with E-state index in [4.69, 9.17) is 4.74 Å². The van der Waals surface area contributed by atoms with Crippen LogP contribution in [0.15, 0.2) is 72.8 Å². The highest BCUT2D eigenvalue weighted by molar-refractivity contribution is 5.94. The molecule has 1 amide bonds. The summed E-state index contributed by atoms with van der Waals surface area (Å²) in [5.41, 5.74) is 6.59. The minimum absolute atomic E-state index is 0.0710. The van der Waals surface area contributed by atoms with Crippen LogP contribution in [0.4, 0.5) is 0 Å². The molecule has 4 nitrogen and oxygen atoms in total. The number of hydrogen-bond acceptors (Lipinski definition) is 2. The first kappa shape index (κ1) is 19.8. The first-order valence-corrected chi connectivity index (χ1v) is 10.2. The van der Waals surface area contributed by atoms with Crippen LogP contribution in [-0.2, 0) is 13.0 Å². The number of carbonyl (C=O) groups is 1. The van der Waals surface area contributed by atoms with Gasteiger partial charge in [-0.2, -0.15) is 0 Å². The fourth-order valence-electron chi connectivity index (χ4n) is 3.72. The lowest BCUT2D eigenvalue weighted by molar-refractivity contribution is 0.0954. The van der Waals surface area contributed by atoms with Crippen LogP contribution in [0.5, 0.6) is 5.75 Å². The topological polar surface area (TPSA) is 54.1 Å². The molecule has 0 spiro atoms. The molecule has 0 unspecified atom stereocenters. The molecule has 4 heteroatoms. The molecule has 0 radical (unpaired) electrons. The van der Waals surface area contributed by atoms with E-state index in [-0.39, 0.29) is 5.91 Å². The molecule has 2 N–H and O–H groups in total. The molecule has 0 saturated heterocycles.